The number of carbonyl (C=O) groups excluding carboxylic acids is 1. The van der Waals surface area contributed by atoms with E-state index < -0.39 is 127 Å². The summed E-state index contributed by atoms with van der Waals surface area (Å²) in [4.78, 5) is 22.7. The maximum Gasteiger partial charge on any atom is 0.311 e. The third kappa shape index (κ3) is 14.3. The van der Waals surface area contributed by atoms with Gasteiger partial charge in [-0.3, -0.25) is 4.79 Å². The van der Waals surface area contributed by atoms with Crippen LogP contribution in [0.15, 0.2) is 35.0 Å². The Kier molecular flexibility index (Phi) is 21.4. The Labute approximate surface area is 453 Å². The van der Waals surface area contributed by atoms with Crippen LogP contribution in [0.4, 0.5) is 4.39 Å². The molecule has 22 nitrogen and oxygen atoms in total. The number of hydrogen-bond donors (Lipinski definition) is 6. The molecular weight excluding hydrogens is 1000 g/mol. The average molecular weight is 1090 g/mol. The summed E-state index contributed by atoms with van der Waals surface area (Å²) in [5.74, 6) is -2.22. The van der Waals surface area contributed by atoms with Crippen LogP contribution in [0.1, 0.15) is 124 Å². The Hall–Kier alpha value is -3.66. The Morgan fingerprint density at radius 1 is 0.987 bits per heavy atom. The number of aliphatic hydroxyl groups is 5. The lowest BCUT2D eigenvalue weighted by molar-refractivity contribution is -0.318. The molecule has 23 heteroatoms. The number of nitrogens with two attached hydrogens (primary N) is 1. The molecule has 0 aliphatic carbocycles. The quantitative estimate of drug-likeness (QED) is 0.105. The number of halogens is 1. The molecule has 6 rings (SSSR count). The van der Waals surface area contributed by atoms with Gasteiger partial charge in [-0.05, 0) is 105 Å². The van der Waals surface area contributed by atoms with Gasteiger partial charge in [-0.15, -0.1) is 5.10 Å². The molecule has 20 atom stereocenters. The second kappa shape index (κ2) is 26.3. The fourth-order valence-corrected chi connectivity index (χ4v) is 11.8. The van der Waals surface area contributed by atoms with Crippen LogP contribution in [0.25, 0.3) is 11.5 Å². The molecule has 0 bridgehead atoms. The van der Waals surface area contributed by atoms with Crippen LogP contribution in [-0.2, 0) is 50.9 Å². The van der Waals surface area contributed by atoms with Crippen LogP contribution in [0, 0.1) is 17.8 Å². The third-order valence-corrected chi connectivity index (χ3v) is 16.6. The fraction of sp³-hybridized carbons (Fsp3) is 0.796. The fourth-order valence-electron chi connectivity index (χ4n) is 11.8. The highest BCUT2D eigenvalue weighted by Gasteiger charge is 2.53. The topological polar surface area (TPSA) is 285 Å². The molecule has 0 spiro atoms. The van der Waals surface area contributed by atoms with Gasteiger partial charge in [0.05, 0.1) is 53.8 Å². The number of alkyl halides is 1. The summed E-state index contributed by atoms with van der Waals surface area (Å²) >= 11 is 0. The number of methoxy groups -OCH3 is 2. The predicted octanol–water partition coefficient (Wildman–Crippen LogP) is 3.51. The molecule has 3 fully saturated rings. The lowest BCUT2D eigenvalue weighted by atomic mass is 9.77. The van der Waals surface area contributed by atoms with Gasteiger partial charge in [-0.25, -0.2) is 9.07 Å². The first kappa shape index (κ1) is 62.5. The maximum atomic E-state index is 14.9. The first-order valence-electron chi connectivity index (χ1n) is 27.1. The van der Waals surface area contributed by atoms with Gasteiger partial charge >= 0.3 is 5.97 Å². The predicted molar refractivity (Wildman–Crippen MR) is 279 cm³/mol. The van der Waals surface area contributed by atoms with Gasteiger partial charge in [-0.2, -0.15) is 4.98 Å². The molecule has 7 N–H and O–H groups in total. The minimum absolute atomic E-state index is 0.0772. The van der Waals surface area contributed by atoms with Crippen molar-refractivity contribution in [3.05, 3.63) is 47.5 Å². The van der Waals surface area contributed by atoms with Gasteiger partial charge in [0, 0.05) is 69.9 Å². The summed E-state index contributed by atoms with van der Waals surface area (Å²) in [6.07, 6.45) is -8.23. The summed E-state index contributed by atoms with van der Waals surface area (Å²) in [6.45, 7) is 17.5. The van der Waals surface area contributed by atoms with Crippen molar-refractivity contribution in [1.82, 2.24) is 34.9 Å². The highest BCUT2D eigenvalue weighted by atomic mass is 19.1. The second-order valence-corrected chi connectivity index (χ2v) is 22.8. The van der Waals surface area contributed by atoms with Crippen LogP contribution in [0.2, 0.25) is 0 Å². The van der Waals surface area contributed by atoms with Crippen molar-refractivity contribution in [2.75, 3.05) is 48.1 Å². The van der Waals surface area contributed by atoms with Gasteiger partial charge < -0.3 is 78.7 Å². The molecule has 436 valence electrons. The Morgan fingerprint density at radius 2 is 1.68 bits per heavy atom. The summed E-state index contributed by atoms with van der Waals surface area (Å²) in [5, 5.41) is 72.4. The van der Waals surface area contributed by atoms with Crippen molar-refractivity contribution in [2.24, 2.45) is 23.5 Å². The van der Waals surface area contributed by atoms with E-state index in [9.17, 15) is 34.7 Å². The smallest absolute Gasteiger partial charge is 0.311 e. The molecule has 0 unspecified atom stereocenters. The number of ether oxygens (including phenoxy) is 7. The Bertz CT molecular complexity index is 2310. The number of aliphatic hydroxyl groups excluding tert-OH is 3. The minimum atomic E-state index is -1.86. The summed E-state index contributed by atoms with van der Waals surface area (Å²) in [5.41, 5.74) is 2.97. The highest BCUT2D eigenvalue weighted by Crippen LogP contribution is 2.41. The van der Waals surface area contributed by atoms with Gasteiger partial charge in [0.2, 0.25) is 0 Å². The van der Waals surface area contributed by atoms with Crippen LogP contribution in [-0.4, -0.2) is 205 Å². The third-order valence-electron chi connectivity index (χ3n) is 16.6. The molecule has 3 aliphatic heterocycles. The Morgan fingerprint density at radius 3 is 2.29 bits per heavy atom. The number of cyclic esters (lactones) is 1. The number of rotatable bonds is 17. The SMILES string of the molecule is CC[C@H]1OC(=O)[C@H](C)[C@@H](O[C@H]2C[C@@](C)(OC)[C@@H](O)[C@H](C)O2)[C@H](C)[C@@H](O[C@@H]2O[C@H](C)C[C@H](N(C)CCc3cn([C@@H](CF)[C@H](OC)c4ccc(-c5nc(CN)no5)cc4)nn3)[C@H]2O)[C@](C)(O)C[C@@H](C)CN(C)[C@H](C)[C@@H](O)[C@]1(C)O. The number of nitrogens with zero attached hydrogens (tertiary/aromatic N) is 7. The highest BCUT2D eigenvalue weighted by molar-refractivity contribution is 5.73. The number of benzene rings is 1. The first-order valence-corrected chi connectivity index (χ1v) is 27.1. The molecule has 5 heterocycles. The van der Waals surface area contributed by atoms with Crippen LogP contribution < -0.4 is 5.73 Å². The average Bonchev–Trinajstić information content (AvgIpc) is 4.09. The number of hydrogen-bond acceptors (Lipinski definition) is 21. The van der Waals surface area contributed by atoms with E-state index in [4.69, 9.17) is 43.4 Å². The maximum absolute atomic E-state index is 14.9. The number of likely N-dealkylation sites (N-methyl/N-ethyl adjacent to an activating group) is 2. The number of carbonyl (C=O) groups is 1. The zero-order chi connectivity index (χ0) is 56.9. The van der Waals surface area contributed by atoms with Gasteiger partial charge in [0.25, 0.3) is 5.89 Å². The van der Waals surface area contributed by atoms with E-state index in [1.165, 1.54) is 25.8 Å². The molecule has 0 saturated carbocycles. The van der Waals surface area contributed by atoms with Gasteiger partial charge in [-0.1, -0.05) is 43.3 Å². The normalized spacial score (nSPS) is 38.2. The van der Waals surface area contributed by atoms with E-state index in [2.05, 4.69) is 20.5 Å². The van der Waals surface area contributed by atoms with Crippen LogP contribution >= 0.6 is 0 Å². The van der Waals surface area contributed by atoms with Crippen molar-refractivity contribution in [3.63, 3.8) is 0 Å². The molecule has 0 amide bonds. The van der Waals surface area contributed by atoms with Crippen molar-refractivity contribution in [3.8, 4) is 11.5 Å². The lowest BCUT2D eigenvalue weighted by Gasteiger charge is -2.49. The van der Waals surface area contributed by atoms with Crippen molar-refractivity contribution >= 4 is 5.97 Å². The van der Waals surface area contributed by atoms with E-state index in [1.54, 1.807) is 78.9 Å². The van der Waals surface area contributed by atoms with Crippen LogP contribution in [0.5, 0.6) is 0 Å². The summed E-state index contributed by atoms with van der Waals surface area (Å²) < 4.78 is 65.8. The van der Waals surface area contributed by atoms with Gasteiger partial charge in [0.1, 0.15) is 48.8 Å². The zero-order valence-corrected chi connectivity index (χ0v) is 47.6. The standard InChI is InChI=1S/C54H89FN8O14/c1-15-40-54(10,69)46(65)33(6)62(12)27-29(2)23-52(8,68)48(31(4)44(32(5)50(67)74-40)75-42-24-53(9,71-14)47(66)34(7)73-42)76-51-43(64)38(22-30(3)72-51)61(11)21-20-37-28-63(60-58-37)39(25-55)45(70-13)35-16-18-36(19-17-35)49-57-41(26-56)59-77-49/h16-19,28-34,38-40,42-48,51,64-66,68-69H,15,20-27,56H2,1-14H3/t29-,30-,31+,32-,33-,34+,38+,39+,40-,42+,43-,44+,45-,46-,47+,48-,51+,52-,53-,54-/m1/s1. The monoisotopic (exact) mass is 1090 g/mol. The number of aromatic nitrogens is 5. The molecular formula is C54H89FN8O14. The second-order valence-electron chi connectivity index (χ2n) is 22.8. The van der Waals surface area contributed by atoms with E-state index >= 15 is 0 Å². The Balaban J connectivity index is 1.25. The molecule has 3 aliphatic rings. The zero-order valence-electron chi connectivity index (χ0n) is 47.6. The number of esters is 1. The van der Waals surface area contributed by atoms with Gasteiger partial charge in [0.15, 0.2) is 18.4 Å². The lowest BCUT2D eigenvalue weighted by Crippen LogP contribution is -2.61. The first-order chi connectivity index (χ1) is 36.2. The van der Waals surface area contributed by atoms with E-state index in [1.807, 2.05) is 37.7 Å². The minimum Gasteiger partial charge on any atom is -0.459 e. The molecule has 0 radical (unpaired) electrons. The summed E-state index contributed by atoms with van der Waals surface area (Å²) in [6, 6.07) is 5.22. The van der Waals surface area contributed by atoms with E-state index in [-0.39, 0.29) is 31.7 Å². The molecule has 77 heavy (non-hydrogen) atoms. The van der Waals surface area contributed by atoms with Crippen molar-refractivity contribution < 1.29 is 72.4 Å². The summed E-state index contributed by atoms with van der Waals surface area (Å²) in [7, 11) is 6.69. The molecule has 3 aromatic rings. The van der Waals surface area contributed by atoms with Crippen molar-refractivity contribution in [2.45, 2.75) is 210 Å². The molecule has 2 aromatic heterocycles. The van der Waals surface area contributed by atoms with Crippen molar-refractivity contribution in [1.29, 1.82) is 0 Å². The van der Waals surface area contributed by atoms with E-state index in [0.717, 1.165) is 0 Å². The molecule has 3 saturated heterocycles. The van der Waals surface area contributed by atoms with E-state index in [0.29, 0.717) is 54.5 Å². The molecule has 1 aromatic carbocycles. The largest absolute Gasteiger partial charge is 0.459 e. The van der Waals surface area contributed by atoms with Crippen LogP contribution in [0.3, 0.4) is 0 Å².